The first-order chi connectivity index (χ1) is 9.67. The highest BCUT2D eigenvalue weighted by molar-refractivity contribution is 5.90. The number of hydrogen-bond acceptors (Lipinski definition) is 5. The number of hydrogen-bond donors (Lipinski definition) is 0. The van der Waals surface area contributed by atoms with Gasteiger partial charge in [-0.05, 0) is 32.9 Å². The van der Waals surface area contributed by atoms with Crippen molar-refractivity contribution in [2.24, 2.45) is 0 Å². The van der Waals surface area contributed by atoms with E-state index >= 15 is 0 Å². The van der Waals surface area contributed by atoms with Crippen LogP contribution in [0.5, 0.6) is 5.75 Å². The van der Waals surface area contributed by atoms with E-state index in [0.29, 0.717) is 5.56 Å². The topological polar surface area (TPSA) is 61.8 Å². The standard InChI is InChI=1S/C15H19FO5/c1-15(2,3)21-13(17)7-9-6-11(16)10(14(18)20-5)8-12(9)19-4/h6,8H,7H2,1-5H3. The maximum atomic E-state index is 13.9. The number of benzene rings is 1. The van der Waals surface area contributed by atoms with Gasteiger partial charge in [-0.2, -0.15) is 0 Å². The van der Waals surface area contributed by atoms with E-state index < -0.39 is 23.4 Å². The smallest absolute Gasteiger partial charge is 0.340 e. The van der Waals surface area contributed by atoms with E-state index in [-0.39, 0.29) is 17.7 Å². The van der Waals surface area contributed by atoms with Gasteiger partial charge in [-0.1, -0.05) is 0 Å². The monoisotopic (exact) mass is 298 g/mol. The van der Waals surface area contributed by atoms with Crippen molar-refractivity contribution in [1.82, 2.24) is 0 Å². The largest absolute Gasteiger partial charge is 0.496 e. The highest BCUT2D eigenvalue weighted by Gasteiger charge is 2.21. The van der Waals surface area contributed by atoms with Gasteiger partial charge in [-0.3, -0.25) is 4.79 Å². The molecule has 0 radical (unpaired) electrons. The van der Waals surface area contributed by atoms with Crippen molar-refractivity contribution >= 4 is 11.9 Å². The van der Waals surface area contributed by atoms with Gasteiger partial charge in [0.15, 0.2) is 0 Å². The second-order valence-electron chi connectivity index (χ2n) is 5.40. The Morgan fingerprint density at radius 3 is 2.29 bits per heavy atom. The van der Waals surface area contributed by atoms with Gasteiger partial charge in [0.25, 0.3) is 0 Å². The van der Waals surface area contributed by atoms with Crippen molar-refractivity contribution in [3.8, 4) is 5.75 Å². The summed E-state index contributed by atoms with van der Waals surface area (Å²) in [5.41, 5.74) is -0.575. The molecule has 116 valence electrons. The summed E-state index contributed by atoms with van der Waals surface area (Å²) in [6.07, 6.45) is -0.154. The summed E-state index contributed by atoms with van der Waals surface area (Å²) in [6, 6.07) is 2.29. The Bertz CT molecular complexity index is 546. The van der Waals surface area contributed by atoms with Crippen LogP contribution < -0.4 is 4.74 Å². The van der Waals surface area contributed by atoms with Crippen molar-refractivity contribution in [2.75, 3.05) is 14.2 Å². The van der Waals surface area contributed by atoms with E-state index in [1.54, 1.807) is 20.8 Å². The quantitative estimate of drug-likeness (QED) is 0.799. The Labute approximate surface area is 123 Å². The first kappa shape index (κ1) is 16.9. The maximum absolute atomic E-state index is 13.9. The van der Waals surface area contributed by atoms with E-state index in [1.807, 2.05) is 0 Å². The Kier molecular flexibility index (Phi) is 5.29. The second kappa shape index (κ2) is 6.56. The Balaban J connectivity index is 3.06. The van der Waals surface area contributed by atoms with Crippen LogP contribution >= 0.6 is 0 Å². The number of carbonyl (C=O) groups is 2. The zero-order valence-corrected chi connectivity index (χ0v) is 12.8. The molecule has 0 amide bonds. The molecule has 0 N–H and O–H groups in total. The minimum absolute atomic E-state index is 0.154. The van der Waals surface area contributed by atoms with Crippen molar-refractivity contribution in [1.29, 1.82) is 0 Å². The summed E-state index contributed by atoms with van der Waals surface area (Å²) in [7, 11) is 2.52. The summed E-state index contributed by atoms with van der Waals surface area (Å²) < 4.78 is 28.6. The first-order valence-corrected chi connectivity index (χ1v) is 6.34. The van der Waals surface area contributed by atoms with Gasteiger partial charge < -0.3 is 14.2 Å². The lowest BCUT2D eigenvalue weighted by atomic mass is 10.1. The fourth-order valence-corrected chi connectivity index (χ4v) is 1.72. The third-order valence-corrected chi connectivity index (χ3v) is 2.53. The number of esters is 2. The molecule has 0 fully saturated rings. The molecule has 1 aromatic carbocycles. The molecule has 0 spiro atoms. The minimum atomic E-state index is -0.811. The zero-order chi connectivity index (χ0) is 16.2. The Morgan fingerprint density at radius 2 is 1.81 bits per heavy atom. The lowest BCUT2D eigenvalue weighted by Gasteiger charge is -2.20. The number of carbonyl (C=O) groups excluding carboxylic acids is 2. The summed E-state index contributed by atoms with van der Waals surface area (Å²) in [6.45, 7) is 5.22. The molecule has 0 saturated heterocycles. The van der Waals surface area contributed by atoms with Crippen LogP contribution in [-0.2, 0) is 20.7 Å². The predicted octanol–water partition coefficient (Wildman–Crippen LogP) is 2.51. The third kappa shape index (κ3) is 4.73. The van der Waals surface area contributed by atoms with E-state index in [4.69, 9.17) is 9.47 Å². The van der Waals surface area contributed by atoms with E-state index in [9.17, 15) is 14.0 Å². The average Bonchev–Trinajstić information content (AvgIpc) is 2.35. The minimum Gasteiger partial charge on any atom is -0.496 e. The van der Waals surface area contributed by atoms with Gasteiger partial charge in [-0.25, -0.2) is 9.18 Å². The summed E-state index contributed by atoms with van der Waals surface area (Å²) in [4.78, 5) is 23.2. The molecule has 21 heavy (non-hydrogen) atoms. The van der Waals surface area contributed by atoms with Crippen LogP contribution in [0.3, 0.4) is 0 Å². The van der Waals surface area contributed by atoms with E-state index in [2.05, 4.69) is 4.74 Å². The predicted molar refractivity (Wildman–Crippen MR) is 73.8 cm³/mol. The fourth-order valence-electron chi connectivity index (χ4n) is 1.72. The van der Waals surface area contributed by atoms with Gasteiger partial charge in [0, 0.05) is 5.56 Å². The van der Waals surface area contributed by atoms with Gasteiger partial charge in [0.2, 0.25) is 0 Å². The second-order valence-corrected chi connectivity index (χ2v) is 5.40. The lowest BCUT2D eigenvalue weighted by molar-refractivity contribution is -0.153. The number of rotatable bonds is 4. The first-order valence-electron chi connectivity index (χ1n) is 6.34. The number of ether oxygens (including phenoxy) is 3. The summed E-state index contributed by atoms with van der Waals surface area (Å²) in [5.74, 6) is -1.87. The molecule has 0 bridgehead atoms. The molecule has 0 atom stereocenters. The normalized spacial score (nSPS) is 11.0. The number of halogens is 1. The van der Waals surface area contributed by atoms with Crippen LogP contribution in [0.4, 0.5) is 4.39 Å². The van der Waals surface area contributed by atoms with Crippen molar-refractivity contribution in [2.45, 2.75) is 32.8 Å². The molecular weight excluding hydrogens is 279 g/mol. The fraction of sp³-hybridized carbons (Fsp3) is 0.467. The average molecular weight is 298 g/mol. The molecule has 0 aliphatic rings. The van der Waals surface area contributed by atoms with Crippen molar-refractivity contribution in [3.63, 3.8) is 0 Å². The number of methoxy groups -OCH3 is 2. The van der Waals surface area contributed by atoms with Gasteiger partial charge in [0.05, 0.1) is 26.2 Å². The van der Waals surface area contributed by atoms with Crippen LogP contribution in [0.2, 0.25) is 0 Å². The molecule has 0 aliphatic heterocycles. The maximum Gasteiger partial charge on any atom is 0.340 e. The van der Waals surface area contributed by atoms with Crippen LogP contribution in [0.15, 0.2) is 12.1 Å². The molecular formula is C15H19FO5. The molecule has 0 aromatic heterocycles. The molecule has 0 heterocycles. The Morgan fingerprint density at radius 1 is 1.19 bits per heavy atom. The lowest BCUT2D eigenvalue weighted by Crippen LogP contribution is -2.25. The van der Waals surface area contributed by atoms with Gasteiger partial charge >= 0.3 is 11.9 Å². The summed E-state index contributed by atoms with van der Waals surface area (Å²) >= 11 is 0. The SMILES string of the molecule is COC(=O)c1cc(OC)c(CC(=O)OC(C)(C)C)cc1F. The highest BCUT2D eigenvalue weighted by atomic mass is 19.1. The molecule has 1 rings (SSSR count). The van der Waals surface area contributed by atoms with E-state index in [0.717, 1.165) is 13.2 Å². The molecule has 6 heteroatoms. The summed E-state index contributed by atoms with van der Waals surface area (Å²) in [5, 5.41) is 0. The van der Waals surface area contributed by atoms with Crippen LogP contribution in [-0.4, -0.2) is 31.8 Å². The molecule has 0 unspecified atom stereocenters. The van der Waals surface area contributed by atoms with Crippen LogP contribution in [0, 0.1) is 5.82 Å². The molecule has 0 saturated carbocycles. The van der Waals surface area contributed by atoms with Gasteiger partial charge in [0.1, 0.15) is 17.2 Å². The molecule has 1 aromatic rings. The van der Waals surface area contributed by atoms with E-state index in [1.165, 1.54) is 13.2 Å². The van der Waals surface area contributed by atoms with Crippen molar-refractivity contribution in [3.05, 3.63) is 29.1 Å². The van der Waals surface area contributed by atoms with Crippen LogP contribution in [0.1, 0.15) is 36.7 Å². The van der Waals surface area contributed by atoms with Crippen molar-refractivity contribution < 1.29 is 28.2 Å². The molecule has 5 nitrogen and oxygen atoms in total. The van der Waals surface area contributed by atoms with Gasteiger partial charge in [-0.15, -0.1) is 0 Å². The Hall–Kier alpha value is -2.11. The molecule has 0 aliphatic carbocycles. The highest BCUT2D eigenvalue weighted by Crippen LogP contribution is 2.25. The van der Waals surface area contributed by atoms with Crippen LogP contribution in [0.25, 0.3) is 0 Å². The zero-order valence-electron chi connectivity index (χ0n) is 12.8. The third-order valence-electron chi connectivity index (χ3n) is 2.53.